The van der Waals surface area contributed by atoms with Gasteiger partial charge in [0.1, 0.15) is 0 Å². The first kappa shape index (κ1) is 23.2. The summed E-state index contributed by atoms with van der Waals surface area (Å²) in [5.74, 6) is -0.00363. The van der Waals surface area contributed by atoms with Crippen molar-refractivity contribution >= 4 is 37.5 Å². The Hall–Kier alpha value is -2.48. The number of amides is 1. The molecule has 1 amide bonds. The van der Waals surface area contributed by atoms with Crippen LogP contribution in [0.2, 0.25) is 0 Å². The van der Waals surface area contributed by atoms with Crippen LogP contribution in [0, 0.1) is 0 Å². The molecule has 3 aromatic rings. The van der Waals surface area contributed by atoms with E-state index in [0.717, 1.165) is 10.0 Å². The number of sulfonamides is 1. The highest BCUT2D eigenvalue weighted by molar-refractivity contribution is 9.10. The van der Waals surface area contributed by atoms with Crippen molar-refractivity contribution in [1.29, 1.82) is 0 Å². The van der Waals surface area contributed by atoms with E-state index in [4.69, 9.17) is 0 Å². The quantitative estimate of drug-likeness (QED) is 0.450. The first-order chi connectivity index (χ1) is 14.8. The van der Waals surface area contributed by atoms with Gasteiger partial charge in [-0.2, -0.15) is 4.31 Å². The summed E-state index contributed by atoms with van der Waals surface area (Å²) < 4.78 is 28.6. The summed E-state index contributed by atoms with van der Waals surface area (Å²) in [7, 11) is -3.87. The standard InChI is InChI=1S/C24H25BrN2O3S/c1-18(2)20-8-12-22(13-9-20)26-24(28)17-27(16-19-6-4-3-5-7-19)31(29,30)23-14-10-21(25)11-15-23/h3-15,18H,16-17H2,1-2H3,(H,26,28). The number of carbonyl (C=O) groups excluding carboxylic acids is 1. The van der Waals surface area contributed by atoms with Crippen LogP contribution >= 0.6 is 15.9 Å². The molecule has 0 fully saturated rings. The topological polar surface area (TPSA) is 66.5 Å². The highest BCUT2D eigenvalue weighted by Gasteiger charge is 2.27. The molecule has 0 aromatic heterocycles. The van der Waals surface area contributed by atoms with E-state index in [1.54, 1.807) is 12.1 Å². The van der Waals surface area contributed by atoms with Gasteiger partial charge in [0, 0.05) is 16.7 Å². The molecule has 0 aliphatic rings. The first-order valence-electron chi connectivity index (χ1n) is 9.95. The fourth-order valence-electron chi connectivity index (χ4n) is 3.08. The maximum Gasteiger partial charge on any atom is 0.243 e. The van der Waals surface area contributed by atoms with Gasteiger partial charge in [-0.15, -0.1) is 0 Å². The van der Waals surface area contributed by atoms with Gasteiger partial charge in [-0.3, -0.25) is 4.79 Å². The molecular formula is C24H25BrN2O3S. The molecule has 0 saturated heterocycles. The third-order valence-electron chi connectivity index (χ3n) is 4.83. The fraction of sp³-hybridized carbons (Fsp3) is 0.208. The minimum atomic E-state index is -3.87. The van der Waals surface area contributed by atoms with Crippen LogP contribution in [0.1, 0.15) is 30.9 Å². The van der Waals surface area contributed by atoms with Gasteiger partial charge in [0.2, 0.25) is 15.9 Å². The molecule has 0 bridgehead atoms. The zero-order valence-electron chi connectivity index (χ0n) is 17.5. The van der Waals surface area contributed by atoms with Crippen molar-refractivity contribution in [3.8, 4) is 0 Å². The number of halogens is 1. The molecule has 162 valence electrons. The largest absolute Gasteiger partial charge is 0.325 e. The third-order valence-corrected chi connectivity index (χ3v) is 7.17. The minimum Gasteiger partial charge on any atom is -0.325 e. The average molecular weight is 501 g/mol. The lowest BCUT2D eigenvalue weighted by Crippen LogP contribution is -2.37. The number of carbonyl (C=O) groups is 1. The summed E-state index contributed by atoms with van der Waals surface area (Å²) in [6, 6.07) is 23.2. The number of benzene rings is 3. The first-order valence-corrected chi connectivity index (χ1v) is 12.2. The van der Waals surface area contributed by atoms with Gasteiger partial charge in [-0.05, 0) is 53.4 Å². The number of anilines is 1. The predicted molar refractivity (Wildman–Crippen MR) is 127 cm³/mol. The Morgan fingerprint density at radius 2 is 1.55 bits per heavy atom. The van der Waals surface area contributed by atoms with Gasteiger partial charge in [0.25, 0.3) is 0 Å². The molecule has 0 spiro atoms. The van der Waals surface area contributed by atoms with Crippen molar-refractivity contribution < 1.29 is 13.2 Å². The minimum absolute atomic E-state index is 0.0962. The molecule has 0 aliphatic heterocycles. The second-order valence-corrected chi connectivity index (χ2v) is 10.4. The van der Waals surface area contributed by atoms with E-state index in [2.05, 4.69) is 35.1 Å². The molecule has 7 heteroatoms. The van der Waals surface area contributed by atoms with Crippen molar-refractivity contribution in [2.75, 3.05) is 11.9 Å². The van der Waals surface area contributed by atoms with Crippen LogP contribution in [0.25, 0.3) is 0 Å². The summed E-state index contributed by atoms with van der Waals surface area (Å²) in [4.78, 5) is 12.9. The Labute approximate surface area is 192 Å². The van der Waals surface area contributed by atoms with Gasteiger partial charge in [0.05, 0.1) is 11.4 Å². The monoisotopic (exact) mass is 500 g/mol. The van der Waals surface area contributed by atoms with Gasteiger partial charge >= 0.3 is 0 Å². The van der Waals surface area contributed by atoms with Crippen molar-refractivity contribution in [2.45, 2.75) is 31.2 Å². The average Bonchev–Trinajstić information content (AvgIpc) is 2.74. The highest BCUT2D eigenvalue weighted by Crippen LogP contribution is 2.21. The summed E-state index contributed by atoms with van der Waals surface area (Å²) in [5.41, 5.74) is 2.61. The Morgan fingerprint density at radius 3 is 2.13 bits per heavy atom. The SMILES string of the molecule is CC(C)c1ccc(NC(=O)CN(Cc2ccccc2)S(=O)(=O)c2ccc(Br)cc2)cc1. The van der Waals surface area contributed by atoms with E-state index in [1.807, 2.05) is 54.6 Å². The fourth-order valence-corrected chi connectivity index (χ4v) is 4.73. The maximum atomic E-state index is 13.3. The summed E-state index contributed by atoms with van der Waals surface area (Å²) in [6.07, 6.45) is 0. The van der Waals surface area contributed by atoms with Crippen LogP contribution < -0.4 is 5.32 Å². The van der Waals surface area contributed by atoms with Gasteiger partial charge in [0.15, 0.2) is 0 Å². The Morgan fingerprint density at radius 1 is 0.935 bits per heavy atom. The second kappa shape index (κ2) is 10.2. The van der Waals surface area contributed by atoms with E-state index in [1.165, 1.54) is 22.0 Å². The zero-order valence-corrected chi connectivity index (χ0v) is 19.9. The molecule has 0 atom stereocenters. The lowest BCUT2D eigenvalue weighted by atomic mass is 10.0. The van der Waals surface area contributed by atoms with Crippen LogP contribution in [0.15, 0.2) is 88.2 Å². The number of nitrogens with zero attached hydrogens (tertiary/aromatic N) is 1. The molecule has 0 aliphatic carbocycles. The van der Waals surface area contributed by atoms with E-state index in [-0.39, 0.29) is 18.0 Å². The summed E-state index contributed by atoms with van der Waals surface area (Å²) in [5, 5.41) is 2.80. The lowest BCUT2D eigenvalue weighted by Gasteiger charge is -2.22. The van der Waals surface area contributed by atoms with Crippen LogP contribution in [-0.2, 0) is 21.4 Å². The number of nitrogens with one attached hydrogen (secondary N) is 1. The van der Waals surface area contributed by atoms with E-state index < -0.39 is 15.9 Å². The van der Waals surface area contributed by atoms with Crippen LogP contribution in [-0.4, -0.2) is 25.2 Å². The van der Waals surface area contributed by atoms with Gasteiger partial charge in [-0.25, -0.2) is 8.42 Å². The summed E-state index contributed by atoms with van der Waals surface area (Å²) >= 11 is 3.32. The highest BCUT2D eigenvalue weighted by atomic mass is 79.9. The zero-order chi connectivity index (χ0) is 22.4. The summed E-state index contributed by atoms with van der Waals surface area (Å²) in [6.45, 7) is 4.00. The van der Waals surface area contributed by atoms with E-state index in [0.29, 0.717) is 11.6 Å². The van der Waals surface area contributed by atoms with Crippen molar-refractivity contribution in [1.82, 2.24) is 4.31 Å². The van der Waals surface area contributed by atoms with Crippen LogP contribution in [0.4, 0.5) is 5.69 Å². The van der Waals surface area contributed by atoms with Crippen LogP contribution in [0.5, 0.6) is 0 Å². The van der Waals surface area contributed by atoms with Crippen molar-refractivity contribution in [3.05, 3.63) is 94.5 Å². The van der Waals surface area contributed by atoms with Gasteiger partial charge in [-0.1, -0.05) is 72.2 Å². The van der Waals surface area contributed by atoms with E-state index >= 15 is 0 Å². The normalized spacial score (nSPS) is 11.6. The Bertz CT molecular complexity index is 1110. The smallest absolute Gasteiger partial charge is 0.243 e. The number of rotatable bonds is 8. The van der Waals surface area contributed by atoms with Crippen molar-refractivity contribution in [3.63, 3.8) is 0 Å². The molecule has 3 rings (SSSR count). The molecule has 31 heavy (non-hydrogen) atoms. The van der Waals surface area contributed by atoms with Gasteiger partial charge < -0.3 is 5.32 Å². The number of hydrogen-bond donors (Lipinski definition) is 1. The Balaban J connectivity index is 1.82. The Kier molecular flexibility index (Phi) is 7.64. The molecular weight excluding hydrogens is 476 g/mol. The molecule has 5 nitrogen and oxygen atoms in total. The van der Waals surface area contributed by atoms with Crippen LogP contribution in [0.3, 0.4) is 0 Å². The molecule has 0 unspecified atom stereocenters. The molecule has 1 N–H and O–H groups in total. The predicted octanol–water partition coefficient (Wildman–Crippen LogP) is 5.40. The van der Waals surface area contributed by atoms with Crippen molar-refractivity contribution in [2.24, 2.45) is 0 Å². The maximum absolute atomic E-state index is 13.3. The molecule has 0 saturated carbocycles. The number of hydrogen-bond acceptors (Lipinski definition) is 3. The lowest BCUT2D eigenvalue weighted by molar-refractivity contribution is -0.116. The second-order valence-electron chi connectivity index (χ2n) is 7.54. The van der Waals surface area contributed by atoms with E-state index in [9.17, 15) is 13.2 Å². The molecule has 0 radical (unpaired) electrons. The molecule has 3 aromatic carbocycles. The third kappa shape index (κ3) is 6.26. The molecule has 0 heterocycles.